The third kappa shape index (κ3) is 8.41. The standard InChI is InChI=1S/C29H36N6O7/c1-18-7-9-30-21(13-18)22-14-19(8-10-31-22)3-2-4-25(38)32-11-12-33-26(39)6-5-20-16-35(29(41)34-28(20)40)27-15-23(37)24(17-36)42-27/h7-10,13-14,16,23-24,27,36-37H,2-6,11-12,15,17H2,1H3,(H,32,38)(H,33,39)(H,34,40,41)/t23?,24-,27-/m1/s1. The summed E-state index contributed by atoms with van der Waals surface area (Å²) in [5.41, 5.74) is 2.67. The lowest BCUT2D eigenvalue weighted by Gasteiger charge is -2.15. The van der Waals surface area contributed by atoms with Gasteiger partial charge in [0.05, 0.1) is 24.1 Å². The number of nitrogens with zero attached hydrogens (tertiary/aromatic N) is 3. The van der Waals surface area contributed by atoms with Crippen molar-refractivity contribution in [2.45, 2.75) is 63.9 Å². The normalized spacial score (nSPS) is 18.1. The molecule has 0 spiro atoms. The molecule has 42 heavy (non-hydrogen) atoms. The maximum absolute atomic E-state index is 12.3. The Bertz CT molecular complexity index is 1500. The summed E-state index contributed by atoms with van der Waals surface area (Å²) in [6.45, 7) is 2.10. The van der Waals surface area contributed by atoms with Gasteiger partial charge in [0.15, 0.2) is 0 Å². The van der Waals surface area contributed by atoms with Crippen molar-refractivity contribution in [3.63, 3.8) is 0 Å². The molecular weight excluding hydrogens is 544 g/mol. The second-order valence-electron chi connectivity index (χ2n) is 10.3. The van der Waals surface area contributed by atoms with E-state index in [1.54, 1.807) is 12.4 Å². The van der Waals surface area contributed by atoms with Crippen LogP contribution in [0.25, 0.3) is 11.4 Å². The van der Waals surface area contributed by atoms with E-state index in [1.165, 1.54) is 6.20 Å². The molecule has 224 valence electrons. The Morgan fingerprint density at radius 2 is 1.74 bits per heavy atom. The zero-order valence-electron chi connectivity index (χ0n) is 23.4. The molecule has 13 nitrogen and oxygen atoms in total. The molecule has 0 bridgehead atoms. The Morgan fingerprint density at radius 3 is 2.43 bits per heavy atom. The predicted molar refractivity (Wildman–Crippen MR) is 152 cm³/mol. The highest BCUT2D eigenvalue weighted by Gasteiger charge is 2.35. The first-order valence-electron chi connectivity index (χ1n) is 13.9. The molecule has 3 atom stereocenters. The number of hydrogen-bond donors (Lipinski definition) is 5. The van der Waals surface area contributed by atoms with Crippen molar-refractivity contribution in [2.75, 3.05) is 19.7 Å². The van der Waals surface area contributed by atoms with Gasteiger partial charge >= 0.3 is 5.69 Å². The molecule has 1 unspecified atom stereocenters. The minimum absolute atomic E-state index is 0.00532. The highest BCUT2D eigenvalue weighted by molar-refractivity contribution is 5.77. The number of rotatable bonds is 13. The van der Waals surface area contributed by atoms with Crippen LogP contribution in [-0.2, 0) is 27.2 Å². The van der Waals surface area contributed by atoms with Gasteiger partial charge < -0.3 is 25.6 Å². The van der Waals surface area contributed by atoms with E-state index in [4.69, 9.17) is 4.74 Å². The number of aromatic nitrogens is 4. The Kier molecular flexibility index (Phi) is 10.7. The van der Waals surface area contributed by atoms with Gasteiger partial charge in [-0.15, -0.1) is 0 Å². The number of nitrogens with one attached hydrogen (secondary N) is 3. The zero-order chi connectivity index (χ0) is 30.1. The molecule has 0 aliphatic carbocycles. The van der Waals surface area contributed by atoms with E-state index in [-0.39, 0.29) is 49.7 Å². The van der Waals surface area contributed by atoms with Gasteiger partial charge in [0.1, 0.15) is 12.3 Å². The summed E-state index contributed by atoms with van der Waals surface area (Å²) in [4.78, 5) is 59.9. The van der Waals surface area contributed by atoms with E-state index in [1.807, 2.05) is 31.2 Å². The lowest BCUT2D eigenvalue weighted by molar-refractivity contribution is -0.122. The van der Waals surface area contributed by atoms with Crippen LogP contribution in [0, 0.1) is 6.92 Å². The molecule has 4 heterocycles. The SMILES string of the molecule is Cc1ccnc(-c2cc(CCCC(=O)NCCNC(=O)CCc3cn([C@H]4CC(O)[C@@H](CO)O4)c(=O)[nH]c3=O)ccn2)c1. The molecule has 1 aliphatic rings. The molecule has 13 heteroatoms. The van der Waals surface area contributed by atoms with Gasteiger partial charge in [0.2, 0.25) is 11.8 Å². The number of amides is 2. The van der Waals surface area contributed by atoms with Crippen LogP contribution in [-0.4, -0.2) is 73.5 Å². The van der Waals surface area contributed by atoms with Crippen LogP contribution < -0.4 is 21.9 Å². The van der Waals surface area contributed by atoms with Crippen LogP contribution in [0.3, 0.4) is 0 Å². The zero-order valence-corrected chi connectivity index (χ0v) is 23.4. The number of aromatic amines is 1. The van der Waals surface area contributed by atoms with Crippen molar-refractivity contribution in [3.05, 3.63) is 80.4 Å². The average Bonchev–Trinajstić information content (AvgIpc) is 3.35. The molecule has 1 aliphatic heterocycles. The number of ether oxygens (including phenoxy) is 1. The smallest absolute Gasteiger partial charge is 0.330 e. The van der Waals surface area contributed by atoms with Crippen molar-refractivity contribution in [1.29, 1.82) is 0 Å². The fourth-order valence-corrected chi connectivity index (χ4v) is 4.70. The minimum Gasteiger partial charge on any atom is -0.394 e. The summed E-state index contributed by atoms with van der Waals surface area (Å²) in [6, 6.07) is 7.82. The topological polar surface area (TPSA) is 189 Å². The van der Waals surface area contributed by atoms with Gasteiger partial charge in [-0.05, 0) is 61.6 Å². The van der Waals surface area contributed by atoms with E-state index in [0.717, 1.165) is 27.1 Å². The second kappa shape index (κ2) is 14.6. The van der Waals surface area contributed by atoms with Crippen LogP contribution in [0.1, 0.15) is 48.6 Å². The molecule has 3 aromatic rings. The molecule has 1 fully saturated rings. The Labute approximate surface area is 242 Å². The molecule has 1 saturated heterocycles. The minimum atomic E-state index is -0.940. The van der Waals surface area contributed by atoms with E-state index >= 15 is 0 Å². The monoisotopic (exact) mass is 580 g/mol. The van der Waals surface area contributed by atoms with Crippen LogP contribution in [0.4, 0.5) is 0 Å². The lowest BCUT2D eigenvalue weighted by Crippen LogP contribution is -2.36. The Balaban J connectivity index is 1.15. The summed E-state index contributed by atoms with van der Waals surface area (Å²) in [5, 5.41) is 24.7. The number of pyridine rings is 2. The molecule has 0 radical (unpaired) electrons. The van der Waals surface area contributed by atoms with E-state index in [0.29, 0.717) is 19.3 Å². The van der Waals surface area contributed by atoms with Gasteiger partial charge in [0.25, 0.3) is 5.56 Å². The molecule has 4 rings (SSSR count). The first-order valence-corrected chi connectivity index (χ1v) is 13.9. The molecule has 0 saturated carbocycles. The number of hydrogen-bond acceptors (Lipinski definition) is 9. The summed E-state index contributed by atoms with van der Waals surface area (Å²) >= 11 is 0. The lowest BCUT2D eigenvalue weighted by atomic mass is 10.1. The Morgan fingerprint density at radius 1 is 1.05 bits per heavy atom. The Hall–Kier alpha value is -4.20. The molecule has 0 aromatic carbocycles. The first-order chi connectivity index (χ1) is 20.2. The highest BCUT2D eigenvalue weighted by Crippen LogP contribution is 2.27. The van der Waals surface area contributed by atoms with Crippen LogP contribution in [0.5, 0.6) is 0 Å². The molecule has 5 N–H and O–H groups in total. The van der Waals surface area contributed by atoms with Crippen LogP contribution in [0.2, 0.25) is 0 Å². The second-order valence-corrected chi connectivity index (χ2v) is 10.3. The van der Waals surface area contributed by atoms with Gasteiger partial charge in [-0.3, -0.25) is 33.9 Å². The highest BCUT2D eigenvalue weighted by atomic mass is 16.5. The predicted octanol–water partition coefficient (Wildman–Crippen LogP) is 0.131. The van der Waals surface area contributed by atoms with Gasteiger partial charge in [-0.2, -0.15) is 0 Å². The third-order valence-corrected chi connectivity index (χ3v) is 7.00. The maximum atomic E-state index is 12.3. The van der Waals surface area contributed by atoms with Gasteiger partial charge in [0, 0.05) is 56.5 Å². The first kappa shape index (κ1) is 30.8. The van der Waals surface area contributed by atoms with E-state index < -0.39 is 36.3 Å². The van der Waals surface area contributed by atoms with Crippen LogP contribution >= 0.6 is 0 Å². The van der Waals surface area contributed by atoms with E-state index in [2.05, 4.69) is 25.6 Å². The maximum Gasteiger partial charge on any atom is 0.330 e. The number of carbonyl (C=O) groups is 2. The number of aliphatic hydroxyl groups excluding tert-OH is 2. The summed E-state index contributed by atoms with van der Waals surface area (Å²) in [6.07, 6.45) is 4.08. The van der Waals surface area contributed by atoms with Crippen molar-refractivity contribution in [2.24, 2.45) is 0 Å². The van der Waals surface area contributed by atoms with Gasteiger partial charge in [-0.1, -0.05) is 0 Å². The molecule has 3 aromatic heterocycles. The van der Waals surface area contributed by atoms with Crippen molar-refractivity contribution >= 4 is 11.8 Å². The quantitative estimate of drug-likeness (QED) is 0.175. The number of carbonyl (C=O) groups excluding carboxylic acids is 2. The summed E-state index contributed by atoms with van der Waals surface area (Å²) in [7, 11) is 0. The number of aryl methyl sites for hydroxylation is 3. The fraction of sp³-hybridized carbons (Fsp3) is 0.448. The summed E-state index contributed by atoms with van der Waals surface area (Å²) < 4.78 is 6.64. The van der Waals surface area contributed by atoms with Gasteiger partial charge in [-0.25, -0.2) is 4.79 Å². The fourth-order valence-electron chi connectivity index (χ4n) is 4.70. The number of aliphatic hydroxyl groups is 2. The third-order valence-electron chi connectivity index (χ3n) is 7.00. The molecular formula is C29H36N6O7. The summed E-state index contributed by atoms with van der Waals surface area (Å²) in [5.74, 6) is -0.429. The average molecular weight is 581 g/mol. The molecule has 2 amide bonds. The van der Waals surface area contributed by atoms with Crippen molar-refractivity contribution < 1.29 is 24.5 Å². The van der Waals surface area contributed by atoms with Crippen LogP contribution in [0.15, 0.2) is 52.4 Å². The van der Waals surface area contributed by atoms with E-state index in [9.17, 15) is 29.4 Å². The number of H-pyrrole nitrogens is 1. The largest absolute Gasteiger partial charge is 0.394 e. The van der Waals surface area contributed by atoms with Crippen molar-refractivity contribution in [1.82, 2.24) is 30.2 Å². The van der Waals surface area contributed by atoms with Crippen molar-refractivity contribution in [3.8, 4) is 11.4 Å².